The zero-order valence-corrected chi connectivity index (χ0v) is 9.54. The van der Waals surface area contributed by atoms with Crippen LogP contribution in [0.25, 0.3) is 0 Å². The molecule has 0 aromatic rings. The summed E-state index contributed by atoms with van der Waals surface area (Å²) < 4.78 is 0. The average molecular weight is 216 g/mol. The fraction of sp³-hybridized carbons (Fsp3) is 0.800. The molecule has 0 radical (unpaired) electrons. The minimum atomic E-state index is -0.837. The van der Waals surface area contributed by atoms with Crippen LogP contribution in [0, 0.1) is 11.3 Å². The van der Waals surface area contributed by atoms with E-state index in [0.717, 1.165) is 0 Å². The smallest absolute Gasteiger partial charge is 0.303 e. The van der Waals surface area contributed by atoms with Gasteiger partial charge >= 0.3 is 5.97 Å². The average Bonchev–Trinajstić information content (AvgIpc) is 2.09. The molecule has 0 saturated carbocycles. The molecule has 0 heterocycles. The van der Waals surface area contributed by atoms with Gasteiger partial charge in [-0.05, 0) is 18.3 Å². The molecule has 4 N–H and O–H groups in total. The summed E-state index contributed by atoms with van der Waals surface area (Å²) in [6, 6.07) is 0. The second kappa shape index (κ2) is 5.70. The normalized spacial score (nSPS) is 13.3. The second-order valence-corrected chi connectivity index (χ2v) is 4.71. The lowest BCUT2D eigenvalue weighted by molar-refractivity contribution is -0.137. The van der Waals surface area contributed by atoms with E-state index in [4.69, 9.17) is 10.9 Å². The maximum Gasteiger partial charge on any atom is 0.303 e. The summed E-state index contributed by atoms with van der Waals surface area (Å²) in [5.74, 6) is 3.77. The molecule has 0 rings (SSSR count). The number of hydrogen-bond donors (Lipinski definition) is 3. The van der Waals surface area contributed by atoms with E-state index in [2.05, 4.69) is 5.43 Å². The van der Waals surface area contributed by atoms with Crippen LogP contribution in [0.5, 0.6) is 0 Å². The predicted molar refractivity (Wildman–Crippen MR) is 56.8 cm³/mol. The first-order chi connectivity index (χ1) is 6.79. The maximum atomic E-state index is 11.5. The summed E-state index contributed by atoms with van der Waals surface area (Å²) in [6.45, 7) is 5.81. The van der Waals surface area contributed by atoms with Gasteiger partial charge in [-0.25, -0.2) is 5.84 Å². The van der Waals surface area contributed by atoms with E-state index in [9.17, 15) is 9.59 Å². The molecule has 5 nitrogen and oxygen atoms in total. The molecule has 0 aliphatic heterocycles. The molecule has 0 saturated heterocycles. The summed E-state index contributed by atoms with van der Waals surface area (Å²) in [4.78, 5) is 21.8. The van der Waals surface area contributed by atoms with Crippen molar-refractivity contribution in [2.45, 2.75) is 40.0 Å². The highest BCUT2D eigenvalue weighted by molar-refractivity contribution is 5.78. The first-order valence-electron chi connectivity index (χ1n) is 5.01. The van der Waals surface area contributed by atoms with Gasteiger partial charge in [-0.3, -0.25) is 15.0 Å². The van der Waals surface area contributed by atoms with Crippen LogP contribution in [0.3, 0.4) is 0 Å². The summed E-state index contributed by atoms with van der Waals surface area (Å²) in [7, 11) is 0. The molecule has 0 spiro atoms. The molecule has 0 aromatic heterocycles. The zero-order valence-electron chi connectivity index (χ0n) is 9.54. The number of carbonyl (C=O) groups is 2. The highest BCUT2D eigenvalue weighted by Gasteiger charge is 2.30. The Kier molecular flexibility index (Phi) is 5.28. The Morgan fingerprint density at radius 2 is 1.93 bits per heavy atom. The Hall–Kier alpha value is -1.10. The SMILES string of the molecule is CC(C)(C)C(CCCC(=O)O)C(=O)NN. The van der Waals surface area contributed by atoms with Crippen molar-refractivity contribution in [2.75, 3.05) is 0 Å². The summed E-state index contributed by atoms with van der Waals surface area (Å²) >= 11 is 0. The number of rotatable bonds is 5. The molecule has 1 unspecified atom stereocenters. The number of aliphatic carboxylic acids is 1. The third-order valence-corrected chi connectivity index (χ3v) is 2.39. The van der Waals surface area contributed by atoms with Crippen molar-refractivity contribution in [3.63, 3.8) is 0 Å². The van der Waals surface area contributed by atoms with Crippen molar-refractivity contribution < 1.29 is 14.7 Å². The van der Waals surface area contributed by atoms with E-state index in [0.29, 0.717) is 12.8 Å². The molecular formula is C10H20N2O3. The van der Waals surface area contributed by atoms with Crippen molar-refractivity contribution in [3.05, 3.63) is 0 Å². The number of carboxylic acid groups (broad SMARTS) is 1. The number of carboxylic acids is 1. The Bertz CT molecular complexity index is 233. The van der Waals surface area contributed by atoms with Gasteiger partial charge in [-0.15, -0.1) is 0 Å². The van der Waals surface area contributed by atoms with E-state index < -0.39 is 5.97 Å². The summed E-state index contributed by atoms with van der Waals surface area (Å²) in [5, 5.41) is 8.50. The van der Waals surface area contributed by atoms with Crippen molar-refractivity contribution in [1.82, 2.24) is 5.43 Å². The number of carbonyl (C=O) groups excluding carboxylic acids is 1. The highest BCUT2D eigenvalue weighted by Crippen LogP contribution is 2.30. The maximum absolute atomic E-state index is 11.5. The van der Waals surface area contributed by atoms with Crippen LogP contribution in [0.15, 0.2) is 0 Å². The standard InChI is InChI=1S/C10H20N2O3/c1-10(2,3)7(9(15)12-11)5-4-6-8(13)14/h7H,4-6,11H2,1-3H3,(H,12,15)(H,13,14). The predicted octanol–water partition coefficient (Wildman–Crippen LogP) is 0.893. The van der Waals surface area contributed by atoms with Gasteiger partial charge < -0.3 is 5.11 Å². The largest absolute Gasteiger partial charge is 0.481 e. The number of nitrogens with one attached hydrogen (secondary N) is 1. The quantitative estimate of drug-likeness (QED) is 0.361. The van der Waals surface area contributed by atoms with E-state index in [1.54, 1.807) is 0 Å². The van der Waals surface area contributed by atoms with Gasteiger partial charge in [0.1, 0.15) is 0 Å². The molecule has 0 aliphatic rings. The highest BCUT2D eigenvalue weighted by atomic mass is 16.4. The van der Waals surface area contributed by atoms with Crippen LogP contribution < -0.4 is 11.3 Å². The van der Waals surface area contributed by atoms with Crippen molar-refractivity contribution in [2.24, 2.45) is 17.2 Å². The molecule has 5 heteroatoms. The summed E-state index contributed by atoms with van der Waals surface area (Å²) in [5.41, 5.74) is 1.92. The molecule has 15 heavy (non-hydrogen) atoms. The number of hydrazine groups is 1. The second-order valence-electron chi connectivity index (χ2n) is 4.71. The van der Waals surface area contributed by atoms with Gasteiger partial charge in [0.15, 0.2) is 0 Å². The lowest BCUT2D eigenvalue weighted by Gasteiger charge is -2.28. The van der Waals surface area contributed by atoms with Crippen molar-refractivity contribution in [3.8, 4) is 0 Å². The van der Waals surface area contributed by atoms with Crippen LogP contribution in [0.4, 0.5) is 0 Å². The summed E-state index contributed by atoms with van der Waals surface area (Å²) in [6.07, 6.45) is 1.12. The monoisotopic (exact) mass is 216 g/mol. The third kappa shape index (κ3) is 5.37. The molecule has 1 amide bonds. The van der Waals surface area contributed by atoms with E-state index in [-0.39, 0.29) is 23.7 Å². The van der Waals surface area contributed by atoms with E-state index >= 15 is 0 Å². The van der Waals surface area contributed by atoms with Gasteiger partial charge in [0.05, 0.1) is 0 Å². The molecular weight excluding hydrogens is 196 g/mol. The number of nitrogens with two attached hydrogens (primary N) is 1. The molecule has 0 bridgehead atoms. The van der Waals surface area contributed by atoms with Crippen LogP contribution in [-0.2, 0) is 9.59 Å². The van der Waals surface area contributed by atoms with Gasteiger partial charge in [0.25, 0.3) is 0 Å². The Labute approximate surface area is 90.0 Å². The minimum Gasteiger partial charge on any atom is -0.481 e. The number of amides is 1. The lowest BCUT2D eigenvalue weighted by atomic mass is 9.77. The minimum absolute atomic E-state index is 0.0877. The number of hydrogen-bond acceptors (Lipinski definition) is 3. The van der Waals surface area contributed by atoms with Gasteiger partial charge in [-0.1, -0.05) is 20.8 Å². The van der Waals surface area contributed by atoms with Crippen molar-refractivity contribution in [1.29, 1.82) is 0 Å². The van der Waals surface area contributed by atoms with E-state index in [1.165, 1.54) is 0 Å². The first-order valence-corrected chi connectivity index (χ1v) is 5.01. The third-order valence-electron chi connectivity index (χ3n) is 2.39. The Morgan fingerprint density at radius 1 is 1.40 bits per heavy atom. The molecule has 0 aromatic carbocycles. The van der Waals surface area contributed by atoms with Gasteiger partial charge in [0, 0.05) is 12.3 Å². The van der Waals surface area contributed by atoms with Crippen molar-refractivity contribution >= 4 is 11.9 Å². The molecule has 1 atom stereocenters. The molecule has 0 fully saturated rings. The van der Waals surface area contributed by atoms with Crippen LogP contribution in [0.1, 0.15) is 40.0 Å². The Morgan fingerprint density at radius 3 is 2.27 bits per heavy atom. The first kappa shape index (κ1) is 13.9. The fourth-order valence-electron chi connectivity index (χ4n) is 1.52. The van der Waals surface area contributed by atoms with Crippen LogP contribution in [0.2, 0.25) is 0 Å². The van der Waals surface area contributed by atoms with E-state index in [1.807, 2.05) is 20.8 Å². The Balaban J connectivity index is 4.27. The molecule has 88 valence electrons. The van der Waals surface area contributed by atoms with Crippen LogP contribution in [-0.4, -0.2) is 17.0 Å². The fourth-order valence-corrected chi connectivity index (χ4v) is 1.52. The van der Waals surface area contributed by atoms with Gasteiger partial charge in [0.2, 0.25) is 5.91 Å². The van der Waals surface area contributed by atoms with Gasteiger partial charge in [-0.2, -0.15) is 0 Å². The van der Waals surface area contributed by atoms with Crippen LogP contribution >= 0.6 is 0 Å². The lowest BCUT2D eigenvalue weighted by Crippen LogP contribution is -2.41. The zero-order chi connectivity index (χ0) is 12.1. The topological polar surface area (TPSA) is 92.4 Å². The molecule has 0 aliphatic carbocycles.